The lowest BCUT2D eigenvalue weighted by Gasteiger charge is -2.31. The second kappa shape index (κ2) is 7.27. The second-order valence-electron chi connectivity index (χ2n) is 9.45. The molecule has 1 aromatic carbocycles. The lowest BCUT2D eigenvalue weighted by atomic mass is 9.85. The molecule has 0 aliphatic heterocycles. The molecule has 5 rings (SSSR count). The van der Waals surface area contributed by atoms with Crippen molar-refractivity contribution in [3.05, 3.63) is 47.6 Å². The molecule has 3 fully saturated rings. The minimum Gasteiger partial charge on any atom is -0.339 e. The van der Waals surface area contributed by atoms with Gasteiger partial charge in [-0.25, -0.2) is 0 Å². The molecule has 0 radical (unpaired) electrons. The van der Waals surface area contributed by atoms with Crippen LogP contribution in [0.15, 0.2) is 34.9 Å². The first-order valence-electron chi connectivity index (χ1n) is 10.9. The van der Waals surface area contributed by atoms with Crippen LogP contribution in [0.4, 0.5) is 0 Å². The molecular weight excluding hydrogens is 348 g/mol. The SMILES string of the molecule is CN(C)C1CCC(c2nc(C3(CN[C@H]4CC4c4ccccc4)CC3)no2)CC1. The lowest BCUT2D eigenvalue weighted by molar-refractivity contribution is 0.201. The minimum absolute atomic E-state index is 0.117. The molecule has 5 heteroatoms. The van der Waals surface area contributed by atoms with E-state index >= 15 is 0 Å². The van der Waals surface area contributed by atoms with E-state index in [2.05, 4.69) is 59.8 Å². The van der Waals surface area contributed by atoms with E-state index in [9.17, 15) is 0 Å². The lowest BCUT2D eigenvalue weighted by Crippen LogP contribution is -2.31. The summed E-state index contributed by atoms with van der Waals surface area (Å²) in [5, 5.41) is 8.21. The summed E-state index contributed by atoms with van der Waals surface area (Å²) in [7, 11) is 4.36. The molecule has 1 heterocycles. The van der Waals surface area contributed by atoms with E-state index < -0.39 is 0 Å². The Morgan fingerprint density at radius 1 is 1.11 bits per heavy atom. The maximum Gasteiger partial charge on any atom is 0.229 e. The Labute approximate surface area is 167 Å². The highest BCUT2D eigenvalue weighted by Crippen LogP contribution is 2.48. The minimum atomic E-state index is 0.117. The third-order valence-corrected chi connectivity index (χ3v) is 7.27. The molecule has 2 atom stereocenters. The highest BCUT2D eigenvalue weighted by molar-refractivity contribution is 5.28. The average molecular weight is 381 g/mol. The number of rotatable bonds is 7. The first kappa shape index (κ1) is 18.3. The van der Waals surface area contributed by atoms with Gasteiger partial charge in [-0.15, -0.1) is 0 Å². The number of nitrogens with zero attached hydrogens (tertiary/aromatic N) is 3. The molecule has 3 saturated carbocycles. The predicted octanol–water partition coefficient (Wildman–Crippen LogP) is 3.83. The van der Waals surface area contributed by atoms with E-state index in [1.807, 2.05) is 0 Å². The van der Waals surface area contributed by atoms with Crippen LogP contribution in [0.5, 0.6) is 0 Å². The second-order valence-corrected chi connectivity index (χ2v) is 9.45. The van der Waals surface area contributed by atoms with Crippen LogP contribution in [0.2, 0.25) is 0 Å². The van der Waals surface area contributed by atoms with Gasteiger partial charge in [0.1, 0.15) is 0 Å². The first-order valence-corrected chi connectivity index (χ1v) is 10.9. The summed E-state index contributed by atoms with van der Waals surface area (Å²) in [5.74, 6) is 2.95. The highest BCUT2D eigenvalue weighted by atomic mass is 16.5. The van der Waals surface area contributed by atoms with Crippen molar-refractivity contribution < 1.29 is 4.52 Å². The number of hydrogen-bond donors (Lipinski definition) is 1. The van der Waals surface area contributed by atoms with Crippen LogP contribution >= 0.6 is 0 Å². The van der Waals surface area contributed by atoms with Crippen LogP contribution < -0.4 is 5.32 Å². The fourth-order valence-electron chi connectivity index (χ4n) is 4.90. The van der Waals surface area contributed by atoms with E-state index in [0.29, 0.717) is 23.9 Å². The Kier molecular flexibility index (Phi) is 4.76. The Balaban J connectivity index is 1.16. The molecule has 1 aromatic heterocycles. The summed E-state index contributed by atoms with van der Waals surface area (Å²) in [5.41, 5.74) is 1.58. The molecule has 1 N–H and O–H groups in total. The van der Waals surface area contributed by atoms with Crippen molar-refractivity contribution in [1.82, 2.24) is 20.4 Å². The number of hydrogen-bond acceptors (Lipinski definition) is 5. The van der Waals surface area contributed by atoms with Crippen molar-refractivity contribution in [3.63, 3.8) is 0 Å². The number of aromatic nitrogens is 2. The van der Waals surface area contributed by atoms with Gasteiger partial charge in [0.15, 0.2) is 5.82 Å². The summed E-state index contributed by atoms with van der Waals surface area (Å²) < 4.78 is 5.74. The molecule has 0 amide bonds. The zero-order valence-electron chi connectivity index (χ0n) is 17.1. The van der Waals surface area contributed by atoms with Crippen LogP contribution in [0, 0.1) is 0 Å². The van der Waals surface area contributed by atoms with Gasteiger partial charge in [-0.2, -0.15) is 4.98 Å². The normalized spacial score (nSPS) is 31.1. The molecule has 3 aliphatic carbocycles. The smallest absolute Gasteiger partial charge is 0.229 e. The molecule has 2 aromatic rings. The van der Waals surface area contributed by atoms with E-state index in [-0.39, 0.29) is 5.41 Å². The van der Waals surface area contributed by atoms with Crippen molar-refractivity contribution in [2.45, 2.75) is 74.3 Å². The molecule has 0 bridgehead atoms. The molecule has 1 unspecified atom stereocenters. The largest absolute Gasteiger partial charge is 0.339 e. The molecule has 150 valence electrons. The molecule has 3 aliphatic rings. The van der Waals surface area contributed by atoms with Crippen LogP contribution in [0.25, 0.3) is 0 Å². The Hall–Kier alpha value is -1.72. The van der Waals surface area contributed by atoms with Crippen LogP contribution in [-0.2, 0) is 5.41 Å². The summed E-state index contributed by atoms with van der Waals surface area (Å²) in [6.45, 7) is 0.980. The number of nitrogens with one attached hydrogen (secondary N) is 1. The monoisotopic (exact) mass is 380 g/mol. The van der Waals surface area contributed by atoms with Crippen molar-refractivity contribution in [1.29, 1.82) is 0 Å². The Morgan fingerprint density at radius 2 is 1.86 bits per heavy atom. The van der Waals surface area contributed by atoms with Crippen molar-refractivity contribution in [2.24, 2.45) is 0 Å². The fourth-order valence-corrected chi connectivity index (χ4v) is 4.90. The van der Waals surface area contributed by atoms with Crippen molar-refractivity contribution >= 4 is 0 Å². The summed E-state index contributed by atoms with van der Waals surface area (Å²) in [6.07, 6.45) is 8.37. The molecule has 0 spiro atoms. The first-order chi connectivity index (χ1) is 13.6. The quantitative estimate of drug-likeness (QED) is 0.791. The predicted molar refractivity (Wildman–Crippen MR) is 109 cm³/mol. The number of benzene rings is 1. The van der Waals surface area contributed by atoms with Gasteiger partial charge in [-0.3, -0.25) is 0 Å². The summed E-state index contributed by atoms with van der Waals surface area (Å²) in [6, 6.07) is 12.2. The maximum absolute atomic E-state index is 5.74. The van der Waals surface area contributed by atoms with Crippen LogP contribution in [0.3, 0.4) is 0 Å². The van der Waals surface area contributed by atoms with Gasteiger partial charge in [-0.1, -0.05) is 35.5 Å². The third kappa shape index (κ3) is 3.62. The van der Waals surface area contributed by atoms with Gasteiger partial charge in [0.25, 0.3) is 0 Å². The molecular formula is C23H32N4O. The zero-order chi connectivity index (χ0) is 19.1. The standard InChI is InChI=1S/C23H32N4O/c1-27(2)18-10-8-17(9-11-18)21-25-22(26-28-21)23(12-13-23)15-24-20-14-19(20)16-6-4-3-5-7-16/h3-7,17-20,24H,8-15H2,1-2H3/t17?,18?,19?,20-/m0/s1. The van der Waals surface area contributed by atoms with Crippen molar-refractivity contribution in [2.75, 3.05) is 20.6 Å². The van der Waals surface area contributed by atoms with Crippen LogP contribution in [0.1, 0.15) is 74.1 Å². The Morgan fingerprint density at radius 3 is 2.54 bits per heavy atom. The molecule has 28 heavy (non-hydrogen) atoms. The molecule has 0 saturated heterocycles. The zero-order valence-corrected chi connectivity index (χ0v) is 17.1. The average Bonchev–Trinajstić information content (AvgIpc) is 3.64. The van der Waals surface area contributed by atoms with Crippen LogP contribution in [-0.4, -0.2) is 47.8 Å². The van der Waals surface area contributed by atoms with Gasteiger partial charge >= 0.3 is 0 Å². The van der Waals surface area contributed by atoms with Gasteiger partial charge < -0.3 is 14.7 Å². The summed E-state index contributed by atoms with van der Waals surface area (Å²) >= 11 is 0. The molecule has 5 nitrogen and oxygen atoms in total. The van der Waals surface area contributed by atoms with Gasteiger partial charge in [0.05, 0.1) is 0 Å². The van der Waals surface area contributed by atoms with Gasteiger partial charge in [0.2, 0.25) is 5.89 Å². The van der Waals surface area contributed by atoms with E-state index in [4.69, 9.17) is 9.51 Å². The van der Waals surface area contributed by atoms with Gasteiger partial charge in [-0.05, 0) is 64.6 Å². The van der Waals surface area contributed by atoms with Gasteiger partial charge in [0, 0.05) is 35.9 Å². The maximum atomic E-state index is 5.74. The topological polar surface area (TPSA) is 54.2 Å². The van der Waals surface area contributed by atoms with E-state index in [0.717, 1.165) is 31.1 Å². The van der Waals surface area contributed by atoms with E-state index in [1.165, 1.54) is 37.7 Å². The highest BCUT2D eigenvalue weighted by Gasteiger charge is 2.50. The van der Waals surface area contributed by atoms with E-state index in [1.54, 1.807) is 0 Å². The fraction of sp³-hybridized carbons (Fsp3) is 0.652. The van der Waals surface area contributed by atoms with Crippen molar-refractivity contribution in [3.8, 4) is 0 Å². The Bertz CT molecular complexity index is 790. The third-order valence-electron chi connectivity index (χ3n) is 7.27. The summed E-state index contributed by atoms with van der Waals surface area (Å²) in [4.78, 5) is 7.23.